The molecule has 0 unspecified atom stereocenters. The first-order chi connectivity index (χ1) is 19.1. The second-order valence-corrected chi connectivity index (χ2v) is 10.2. The molecule has 0 radical (unpaired) electrons. The molecule has 2 N–H and O–H groups in total. The zero-order valence-electron chi connectivity index (χ0n) is 22.6. The van der Waals surface area contributed by atoms with Crippen LogP contribution in [0.1, 0.15) is 49.4 Å². The molecular formula is C29H34F2N4O5. The normalized spacial score (nSPS) is 16.2. The minimum Gasteiger partial charge on any atom is -0.434 e. The van der Waals surface area contributed by atoms with Gasteiger partial charge in [-0.2, -0.15) is 0 Å². The first-order valence-corrected chi connectivity index (χ1v) is 13.4. The second-order valence-electron chi connectivity index (χ2n) is 10.2. The third kappa shape index (κ3) is 7.20. The van der Waals surface area contributed by atoms with E-state index in [1.165, 1.54) is 11.8 Å². The molecule has 1 saturated heterocycles. The fourth-order valence-corrected chi connectivity index (χ4v) is 4.78. The molecule has 214 valence electrons. The van der Waals surface area contributed by atoms with Crippen molar-refractivity contribution in [2.75, 3.05) is 26.3 Å². The van der Waals surface area contributed by atoms with Gasteiger partial charge < -0.3 is 24.7 Å². The monoisotopic (exact) mass is 556 g/mol. The molecule has 1 aliphatic rings. The fourth-order valence-electron chi connectivity index (χ4n) is 4.78. The summed E-state index contributed by atoms with van der Waals surface area (Å²) in [5.41, 5.74) is -0.226. The van der Waals surface area contributed by atoms with Crippen LogP contribution in [0.15, 0.2) is 59.0 Å². The van der Waals surface area contributed by atoms with Crippen LogP contribution in [-0.4, -0.2) is 71.4 Å². The van der Waals surface area contributed by atoms with Crippen molar-refractivity contribution in [3.8, 4) is 0 Å². The largest absolute Gasteiger partial charge is 0.434 e. The average Bonchev–Trinajstić information content (AvgIpc) is 3.37. The zero-order valence-corrected chi connectivity index (χ0v) is 22.6. The highest BCUT2D eigenvalue weighted by molar-refractivity contribution is 6.03. The number of fused-ring (bicyclic) bond motifs is 1. The lowest BCUT2D eigenvalue weighted by Crippen LogP contribution is -2.60. The van der Waals surface area contributed by atoms with Crippen LogP contribution < -0.4 is 10.6 Å². The maximum atomic E-state index is 15.3. The highest BCUT2D eigenvalue weighted by Gasteiger charge is 2.42. The molecule has 9 nitrogen and oxygen atoms in total. The van der Waals surface area contributed by atoms with Gasteiger partial charge in [0.05, 0.1) is 13.2 Å². The fraction of sp³-hybridized carbons (Fsp3) is 0.448. The number of rotatable bonds is 11. The number of carbonyl (C=O) groups excluding carboxylic acids is 3. The standard InChI is InChI=1S/C29H34F2N4O5/c1-3-13-28(2,24(36)26-32-21-11-7-8-12-23(21)40-26)34-25(37)22(33-27(38)35-14-16-39-17-15-35)19-29(30,31)18-20-9-5-4-6-10-20/h4-12,22H,3,13-19H2,1-2H3,(H,33,38)(H,34,37)/t22-,28-/m0/s1. The quantitative estimate of drug-likeness (QED) is 0.339. The number of urea groups is 1. The molecule has 0 aliphatic carbocycles. The van der Waals surface area contributed by atoms with Gasteiger partial charge in [-0.25, -0.2) is 18.6 Å². The van der Waals surface area contributed by atoms with Crippen LogP contribution >= 0.6 is 0 Å². The Balaban J connectivity index is 1.57. The maximum absolute atomic E-state index is 15.3. The van der Waals surface area contributed by atoms with Crippen molar-refractivity contribution in [2.45, 2.75) is 57.0 Å². The van der Waals surface area contributed by atoms with Crippen LogP contribution in [0, 0.1) is 0 Å². The predicted octanol–water partition coefficient (Wildman–Crippen LogP) is 4.36. The summed E-state index contributed by atoms with van der Waals surface area (Å²) in [6.07, 6.45) is -0.874. The van der Waals surface area contributed by atoms with Gasteiger partial charge in [0.25, 0.3) is 11.8 Å². The van der Waals surface area contributed by atoms with E-state index in [2.05, 4.69) is 15.6 Å². The predicted molar refractivity (Wildman–Crippen MR) is 144 cm³/mol. The number of nitrogens with one attached hydrogen (secondary N) is 2. The third-order valence-corrected chi connectivity index (χ3v) is 6.86. The van der Waals surface area contributed by atoms with Gasteiger partial charge in [0, 0.05) is 25.9 Å². The Morgan fingerprint density at radius 2 is 1.73 bits per heavy atom. The Kier molecular flexibility index (Phi) is 9.14. The van der Waals surface area contributed by atoms with Gasteiger partial charge in [0.2, 0.25) is 11.7 Å². The van der Waals surface area contributed by atoms with E-state index in [0.29, 0.717) is 36.3 Å². The third-order valence-electron chi connectivity index (χ3n) is 6.86. The molecule has 40 heavy (non-hydrogen) atoms. The van der Waals surface area contributed by atoms with E-state index in [1.807, 2.05) is 6.92 Å². The van der Waals surface area contributed by atoms with Crippen LogP contribution in [0.5, 0.6) is 0 Å². The van der Waals surface area contributed by atoms with Gasteiger partial charge in [-0.15, -0.1) is 0 Å². The molecule has 1 aliphatic heterocycles. The second kappa shape index (κ2) is 12.5. The smallest absolute Gasteiger partial charge is 0.318 e. The minimum atomic E-state index is -3.33. The van der Waals surface area contributed by atoms with Gasteiger partial charge in [-0.1, -0.05) is 55.8 Å². The van der Waals surface area contributed by atoms with Crippen LogP contribution in [0.25, 0.3) is 11.1 Å². The van der Waals surface area contributed by atoms with Crippen molar-refractivity contribution in [3.05, 3.63) is 66.1 Å². The lowest BCUT2D eigenvalue weighted by Gasteiger charge is -2.33. The summed E-state index contributed by atoms with van der Waals surface area (Å²) >= 11 is 0. The van der Waals surface area contributed by atoms with Gasteiger partial charge in [-0.05, 0) is 31.0 Å². The summed E-state index contributed by atoms with van der Waals surface area (Å²) in [5, 5.41) is 5.13. The molecule has 2 aromatic carbocycles. The number of alkyl halides is 2. The first kappa shape index (κ1) is 29.1. The van der Waals surface area contributed by atoms with Gasteiger partial charge in [-0.3, -0.25) is 9.59 Å². The Hall–Kier alpha value is -3.86. The minimum absolute atomic E-state index is 0.194. The maximum Gasteiger partial charge on any atom is 0.318 e. The number of amides is 3. The number of oxazole rings is 1. The molecule has 3 aromatic rings. The summed E-state index contributed by atoms with van der Waals surface area (Å²) in [5.74, 6) is -5.00. The molecule has 0 spiro atoms. The van der Waals surface area contributed by atoms with Gasteiger partial charge >= 0.3 is 6.03 Å². The van der Waals surface area contributed by atoms with Crippen molar-refractivity contribution in [3.63, 3.8) is 0 Å². The van der Waals surface area contributed by atoms with Gasteiger partial charge in [0.15, 0.2) is 5.58 Å². The van der Waals surface area contributed by atoms with Crippen molar-refractivity contribution in [2.24, 2.45) is 0 Å². The van der Waals surface area contributed by atoms with E-state index < -0.39 is 48.1 Å². The lowest BCUT2D eigenvalue weighted by atomic mass is 9.89. The van der Waals surface area contributed by atoms with Crippen LogP contribution in [-0.2, 0) is 16.0 Å². The molecule has 1 fully saturated rings. The Bertz CT molecular complexity index is 1290. The molecule has 2 atom stereocenters. The SMILES string of the molecule is CCC[C@](C)(NC(=O)[C@H](CC(F)(F)Cc1ccccc1)NC(=O)N1CCOCC1)C(=O)c1nc2ccccc2o1. The molecule has 0 saturated carbocycles. The van der Waals surface area contributed by atoms with E-state index in [-0.39, 0.29) is 25.4 Å². The van der Waals surface area contributed by atoms with E-state index in [9.17, 15) is 14.4 Å². The first-order valence-electron chi connectivity index (χ1n) is 13.4. The topological polar surface area (TPSA) is 114 Å². The summed E-state index contributed by atoms with van der Waals surface area (Å²) in [6.45, 7) is 4.49. The number of halogens is 2. The summed E-state index contributed by atoms with van der Waals surface area (Å²) < 4.78 is 41.5. The molecule has 0 bridgehead atoms. The molecule has 3 amide bonds. The van der Waals surface area contributed by atoms with E-state index in [0.717, 1.165) is 0 Å². The highest BCUT2D eigenvalue weighted by atomic mass is 19.3. The van der Waals surface area contributed by atoms with Crippen LogP contribution in [0.2, 0.25) is 0 Å². The number of hydrogen-bond donors (Lipinski definition) is 2. The molecule has 11 heteroatoms. The average molecular weight is 557 g/mol. The van der Waals surface area contributed by atoms with E-state index >= 15 is 8.78 Å². The number of ether oxygens (including phenoxy) is 1. The number of para-hydroxylation sites is 2. The van der Waals surface area contributed by atoms with Gasteiger partial charge in [0.1, 0.15) is 17.1 Å². The summed E-state index contributed by atoms with van der Waals surface area (Å²) in [7, 11) is 0. The molecular weight excluding hydrogens is 522 g/mol. The highest BCUT2D eigenvalue weighted by Crippen LogP contribution is 2.27. The molecule has 2 heterocycles. The zero-order chi connectivity index (χ0) is 28.8. The Morgan fingerprint density at radius 3 is 2.40 bits per heavy atom. The van der Waals surface area contributed by atoms with Crippen molar-refractivity contribution in [1.82, 2.24) is 20.5 Å². The summed E-state index contributed by atoms with van der Waals surface area (Å²) in [4.78, 5) is 45.7. The number of hydrogen-bond acceptors (Lipinski definition) is 6. The Labute approximate surface area is 231 Å². The molecule has 4 rings (SSSR count). The van der Waals surface area contributed by atoms with E-state index in [1.54, 1.807) is 54.6 Å². The van der Waals surface area contributed by atoms with Crippen LogP contribution in [0.4, 0.5) is 13.6 Å². The summed E-state index contributed by atoms with van der Waals surface area (Å²) in [6, 6.07) is 12.8. The van der Waals surface area contributed by atoms with Crippen molar-refractivity contribution < 1.29 is 32.3 Å². The number of aromatic nitrogens is 1. The Morgan fingerprint density at radius 1 is 1.05 bits per heavy atom. The number of Topliss-reactive ketones (excluding diaryl/α,β-unsaturated/α-hetero) is 1. The number of ketones is 1. The van der Waals surface area contributed by atoms with Crippen molar-refractivity contribution in [1.29, 1.82) is 0 Å². The lowest BCUT2D eigenvalue weighted by molar-refractivity contribution is -0.127. The number of benzene rings is 2. The van der Waals surface area contributed by atoms with Crippen LogP contribution in [0.3, 0.4) is 0 Å². The number of nitrogens with zero attached hydrogens (tertiary/aromatic N) is 2. The number of morpholine rings is 1. The van der Waals surface area contributed by atoms with E-state index in [4.69, 9.17) is 9.15 Å². The van der Waals surface area contributed by atoms with Crippen molar-refractivity contribution >= 4 is 28.8 Å². The number of carbonyl (C=O) groups is 3. The molecule has 1 aromatic heterocycles.